The highest BCUT2D eigenvalue weighted by molar-refractivity contribution is 6.20. The maximum atomic E-state index is 6.42. The van der Waals surface area contributed by atoms with E-state index in [1.54, 1.807) is 0 Å². The van der Waals surface area contributed by atoms with Crippen molar-refractivity contribution in [1.29, 1.82) is 0 Å². The van der Waals surface area contributed by atoms with Crippen LogP contribution in [-0.4, -0.2) is 0 Å². The van der Waals surface area contributed by atoms with E-state index in [-0.39, 0.29) is 0 Å². The molecule has 206 valence electrons. The molecule has 9 aromatic rings. The summed E-state index contributed by atoms with van der Waals surface area (Å²) in [6.45, 7) is 0. The number of fused-ring (bicyclic) bond motifs is 7. The predicted octanol–water partition coefficient (Wildman–Crippen LogP) is 12.2. The van der Waals surface area contributed by atoms with Crippen molar-refractivity contribution >= 4 is 71.3 Å². The molecular formula is C42H27NO. The zero-order chi connectivity index (χ0) is 29.0. The second kappa shape index (κ2) is 9.86. The monoisotopic (exact) mass is 561 g/mol. The van der Waals surface area contributed by atoms with Gasteiger partial charge < -0.3 is 9.32 Å². The smallest absolute Gasteiger partial charge is 0.136 e. The first-order chi connectivity index (χ1) is 21.8. The summed E-state index contributed by atoms with van der Waals surface area (Å²) in [4.78, 5) is 2.39. The summed E-state index contributed by atoms with van der Waals surface area (Å²) < 4.78 is 6.42. The van der Waals surface area contributed by atoms with E-state index in [0.29, 0.717) is 0 Å². The third-order valence-corrected chi connectivity index (χ3v) is 8.80. The molecule has 44 heavy (non-hydrogen) atoms. The Morgan fingerprint density at radius 1 is 0.341 bits per heavy atom. The summed E-state index contributed by atoms with van der Waals surface area (Å²) in [5.41, 5.74) is 7.53. The molecule has 8 aromatic carbocycles. The summed E-state index contributed by atoms with van der Waals surface area (Å²) in [5.74, 6) is 0. The minimum Gasteiger partial charge on any atom is -0.456 e. The normalized spacial score (nSPS) is 11.6. The molecule has 0 fully saturated rings. The van der Waals surface area contributed by atoms with Gasteiger partial charge >= 0.3 is 0 Å². The Balaban J connectivity index is 1.35. The van der Waals surface area contributed by atoms with Crippen molar-refractivity contribution < 1.29 is 4.42 Å². The highest BCUT2D eigenvalue weighted by Crippen LogP contribution is 2.45. The van der Waals surface area contributed by atoms with Crippen LogP contribution >= 0.6 is 0 Å². The van der Waals surface area contributed by atoms with Crippen LogP contribution in [0, 0.1) is 0 Å². The average molecular weight is 562 g/mol. The first-order valence-electron chi connectivity index (χ1n) is 15.0. The van der Waals surface area contributed by atoms with Crippen LogP contribution in [0.1, 0.15) is 0 Å². The quantitative estimate of drug-likeness (QED) is 0.199. The van der Waals surface area contributed by atoms with Crippen LogP contribution in [0.25, 0.3) is 65.4 Å². The number of hydrogen-bond acceptors (Lipinski definition) is 2. The van der Waals surface area contributed by atoms with Crippen LogP contribution in [0.5, 0.6) is 0 Å². The molecule has 0 radical (unpaired) electrons. The number of furan rings is 1. The third kappa shape index (κ3) is 3.96. The van der Waals surface area contributed by atoms with Crippen LogP contribution in [0.4, 0.5) is 17.1 Å². The zero-order valence-corrected chi connectivity index (χ0v) is 23.9. The molecule has 0 N–H and O–H groups in total. The molecule has 0 saturated heterocycles. The van der Waals surface area contributed by atoms with Gasteiger partial charge in [0.05, 0.1) is 5.69 Å². The molecule has 0 amide bonds. The Hall–Kier alpha value is -5.86. The molecule has 1 aromatic heterocycles. The second-order valence-electron chi connectivity index (χ2n) is 11.4. The van der Waals surface area contributed by atoms with Crippen molar-refractivity contribution in [2.24, 2.45) is 0 Å². The fraction of sp³-hybridized carbons (Fsp3) is 0. The highest BCUT2D eigenvalue weighted by atomic mass is 16.3. The van der Waals surface area contributed by atoms with Gasteiger partial charge in [-0.25, -0.2) is 0 Å². The van der Waals surface area contributed by atoms with Crippen molar-refractivity contribution in [3.05, 3.63) is 164 Å². The predicted molar refractivity (Wildman–Crippen MR) is 186 cm³/mol. The van der Waals surface area contributed by atoms with E-state index in [0.717, 1.165) is 44.4 Å². The molecular weight excluding hydrogens is 534 g/mol. The lowest BCUT2D eigenvalue weighted by Gasteiger charge is -2.28. The van der Waals surface area contributed by atoms with Crippen molar-refractivity contribution in [1.82, 2.24) is 0 Å². The first kappa shape index (κ1) is 24.7. The van der Waals surface area contributed by atoms with E-state index in [1.807, 2.05) is 6.07 Å². The van der Waals surface area contributed by atoms with E-state index >= 15 is 0 Å². The minimum absolute atomic E-state index is 0.896. The molecule has 9 rings (SSSR count). The topological polar surface area (TPSA) is 16.4 Å². The minimum atomic E-state index is 0.896. The Labute approximate surface area is 255 Å². The van der Waals surface area contributed by atoms with Crippen LogP contribution in [-0.2, 0) is 0 Å². The molecule has 0 aliphatic rings. The van der Waals surface area contributed by atoms with Crippen molar-refractivity contribution in [3.8, 4) is 11.1 Å². The van der Waals surface area contributed by atoms with Gasteiger partial charge in [0.15, 0.2) is 0 Å². The standard InChI is InChI=1S/C42H27NO/c1-2-10-28(11-3-1)30-18-21-33(22-19-30)43(34-23-20-29-12-4-5-13-31(29)24-34)40-25-32-14-6-7-15-35(32)37-26-39-36-16-8-9-17-41(36)44-42(39)27-38(37)40/h1-27H. The Bertz CT molecular complexity index is 2490. The molecule has 2 nitrogen and oxygen atoms in total. The maximum Gasteiger partial charge on any atom is 0.136 e. The third-order valence-electron chi connectivity index (χ3n) is 8.80. The van der Waals surface area contributed by atoms with Gasteiger partial charge in [0.25, 0.3) is 0 Å². The van der Waals surface area contributed by atoms with Gasteiger partial charge in [0.1, 0.15) is 11.2 Å². The first-order valence-corrected chi connectivity index (χ1v) is 15.0. The molecule has 0 aliphatic heterocycles. The van der Waals surface area contributed by atoms with E-state index < -0.39 is 0 Å². The Morgan fingerprint density at radius 3 is 1.84 bits per heavy atom. The molecule has 0 unspecified atom stereocenters. The number of rotatable bonds is 4. The van der Waals surface area contributed by atoms with Gasteiger partial charge in [-0.05, 0) is 86.6 Å². The lowest BCUT2D eigenvalue weighted by molar-refractivity contribution is 0.669. The van der Waals surface area contributed by atoms with Crippen molar-refractivity contribution in [2.45, 2.75) is 0 Å². The van der Waals surface area contributed by atoms with E-state index in [1.165, 1.54) is 38.1 Å². The summed E-state index contributed by atoms with van der Waals surface area (Å²) >= 11 is 0. The summed E-state index contributed by atoms with van der Waals surface area (Å²) in [6.07, 6.45) is 0. The second-order valence-corrected chi connectivity index (χ2v) is 11.4. The number of nitrogens with zero attached hydrogens (tertiary/aromatic N) is 1. The van der Waals surface area contributed by atoms with Gasteiger partial charge in [0.2, 0.25) is 0 Å². The van der Waals surface area contributed by atoms with Crippen molar-refractivity contribution in [3.63, 3.8) is 0 Å². The van der Waals surface area contributed by atoms with Gasteiger partial charge in [-0.15, -0.1) is 0 Å². The van der Waals surface area contributed by atoms with Gasteiger partial charge in [-0.2, -0.15) is 0 Å². The molecule has 1 heterocycles. The fourth-order valence-electron chi connectivity index (χ4n) is 6.66. The van der Waals surface area contributed by atoms with Crippen LogP contribution in [0.3, 0.4) is 0 Å². The van der Waals surface area contributed by atoms with Crippen LogP contribution in [0.2, 0.25) is 0 Å². The van der Waals surface area contributed by atoms with E-state index in [2.05, 4.69) is 163 Å². The van der Waals surface area contributed by atoms with E-state index in [9.17, 15) is 0 Å². The number of anilines is 3. The summed E-state index contributed by atoms with van der Waals surface area (Å²) in [6, 6.07) is 58.6. The molecule has 0 saturated carbocycles. The zero-order valence-electron chi connectivity index (χ0n) is 23.9. The van der Waals surface area contributed by atoms with Crippen molar-refractivity contribution in [2.75, 3.05) is 4.90 Å². The summed E-state index contributed by atoms with van der Waals surface area (Å²) in [7, 11) is 0. The SMILES string of the molecule is c1ccc(-c2ccc(N(c3ccc4ccccc4c3)c3cc4ccccc4c4cc5c(cc34)oc3ccccc35)cc2)cc1. The molecule has 0 atom stereocenters. The number of para-hydroxylation sites is 1. The average Bonchev–Trinajstić information content (AvgIpc) is 3.46. The molecule has 0 spiro atoms. The Morgan fingerprint density at radius 2 is 1.00 bits per heavy atom. The van der Waals surface area contributed by atoms with E-state index in [4.69, 9.17) is 4.42 Å². The molecule has 0 aliphatic carbocycles. The maximum absolute atomic E-state index is 6.42. The van der Waals surface area contributed by atoms with Gasteiger partial charge in [0, 0.05) is 27.5 Å². The van der Waals surface area contributed by atoms with Gasteiger partial charge in [-0.3, -0.25) is 0 Å². The lowest BCUT2D eigenvalue weighted by atomic mass is 9.96. The highest BCUT2D eigenvalue weighted by Gasteiger charge is 2.20. The Kier molecular flexibility index (Phi) is 5.54. The van der Waals surface area contributed by atoms with Crippen LogP contribution in [0.15, 0.2) is 168 Å². The lowest BCUT2D eigenvalue weighted by Crippen LogP contribution is -2.10. The fourth-order valence-corrected chi connectivity index (χ4v) is 6.66. The van der Waals surface area contributed by atoms with Crippen LogP contribution < -0.4 is 4.90 Å². The number of hydrogen-bond donors (Lipinski definition) is 0. The summed E-state index contributed by atoms with van der Waals surface area (Å²) in [5, 5.41) is 9.51. The van der Waals surface area contributed by atoms with Gasteiger partial charge in [-0.1, -0.05) is 115 Å². The molecule has 2 heteroatoms. The molecule has 0 bridgehead atoms. The number of benzene rings is 8. The largest absolute Gasteiger partial charge is 0.456 e.